The maximum absolute atomic E-state index is 5.29. The second kappa shape index (κ2) is 5.40. The molecule has 1 rings (SSSR count). The number of hydrogen-bond acceptors (Lipinski definition) is 1. The average Bonchev–Trinajstić information content (AvgIpc) is 2.14. The fourth-order valence-electron chi connectivity index (χ4n) is 0.866. The number of benzene rings is 1. The molecule has 1 nitrogen and oxygen atoms in total. The van der Waals surface area contributed by atoms with Gasteiger partial charge in [0.1, 0.15) is 6.61 Å². The predicted molar refractivity (Wildman–Crippen MR) is 49.5 cm³/mol. The molecule has 1 heteroatoms. The van der Waals surface area contributed by atoms with Crippen molar-refractivity contribution >= 4 is 0 Å². The summed E-state index contributed by atoms with van der Waals surface area (Å²) in [6, 6.07) is 10.1. The van der Waals surface area contributed by atoms with Gasteiger partial charge < -0.3 is 4.74 Å². The first-order valence-electron chi connectivity index (χ1n) is 3.95. The van der Waals surface area contributed by atoms with Crippen molar-refractivity contribution in [2.24, 2.45) is 0 Å². The summed E-state index contributed by atoms with van der Waals surface area (Å²) in [5.74, 6) is 5.63. The van der Waals surface area contributed by atoms with Crippen molar-refractivity contribution in [2.75, 3.05) is 6.61 Å². The largest absolute Gasteiger partial charge is 0.364 e. The highest BCUT2D eigenvalue weighted by Crippen LogP contribution is 1.99. The first-order chi connectivity index (χ1) is 5.93. The topological polar surface area (TPSA) is 9.23 Å². The van der Waals surface area contributed by atoms with Crippen LogP contribution in [0, 0.1) is 11.8 Å². The van der Waals surface area contributed by atoms with Crippen LogP contribution in [0.25, 0.3) is 0 Å². The van der Waals surface area contributed by atoms with Crippen LogP contribution in [-0.4, -0.2) is 6.61 Å². The molecule has 12 heavy (non-hydrogen) atoms. The molecule has 0 aromatic heterocycles. The highest BCUT2D eigenvalue weighted by Gasteiger charge is 1.88. The number of ether oxygens (including phenoxy) is 1. The molecule has 0 atom stereocenters. The lowest BCUT2D eigenvalue weighted by molar-refractivity contribution is 0.153. The van der Waals surface area contributed by atoms with Gasteiger partial charge in [0.05, 0.1) is 6.61 Å². The summed E-state index contributed by atoms with van der Waals surface area (Å²) in [6.07, 6.45) is 0. The van der Waals surface area contributed by atoms with Crippen molar-refractivity contribution in [3.05, 3.63) is 35.9 Å². The fraction of sp³-hybridized carbons (Fsp3) is 0.273. The molecule has 62 valence electrons. The van der Waals surface area contributed by atoms with Crippen molar-refractivity contribution in [2.45, 2.75) is 13.5 Å². The third-order valence-corrected chi connectivity index (χ3v) is 1.46. The molecule has 0 heterocycles. The van der Waals surface area contributed by atoms with E-state index in [2.05, 4.69) is 11.8 Å². The van der Waals surface area contributed by atoms with Crippen LogP contribution in [0.1, 0.15) is 12.5 Å². The van der Waals surface area contributed by atoms with E-state index in [4.69, 9.17) is 4.74 Å². The molecule has 0 saturated heterocycles. The maximum Gasteiger partial charge on any atom is 0.108 e. The van der Waals surface area contributed by atoms with Crippen molar-refractivity contribution in [1.29, 1.82) is 0 Å². The van der Waals surface area contributed by atoms with Crippen molar-refractivity contribution in [3.63, 3.8) is 0 Å². The SMILES string of the molecule is CC#CCOCc1ccccc1. The van der Waals surface area contributed by atoms with Gasteiger partial charge in [-0.25, -0.2) is 0 Å². The van der Waals surface area contributed by atoms with E-state index in [1.54, 1.807) is 0 Å². The minimum Gasteiger partial charge on any atom is -0.364 e. The molecule has 0 fully saturated rings. The normalized spacial score (nSPS) is 8.75. The zero-order chi connectivity index (χ0) is 8.65. The summed E-state index contributed by atoms with van der Waals surface area (Å²) >= 11 is 0. The van der Waals surface area contributed by atoms with Crippen LogP contribution in [0.3, 0.4) is 0 Å². The molecule has 0 bridgehead atoms. The summed E-state index contributed by atoms with van der Waals surface area (Å²) in [7, 11) is 0. The van der Waals surface area contributed by atoms with Crippen LogP contribution in [-0.2, 0) is 11.3 Å². The average molecular weight is 160 g/mol. The van der Waals surface area contributed by atoms with Gasteiger partial charge in [-0.3, -0.25) is 0 Å². The van der Waals surface area contributed by atoms with Crippen LogP contribution >= 0.6 is 0 Å². The monoisotopic (exact) mass is 160 g/mol. The van der Waals surface area contributed by atoms with Crippen LogP contribution < -0.4 is 0 Å². The Morgan fingerprint density at radius 2 is 2.00 bits per heavy atom. The lowest BCUT2D eigenvalue weighted by atomic mass is 10.2. The van der Waals surface area contributed by atoms with Gasteiger partial charge in [-0.2, -0.15) is 0 Å². The van der Waals surface area contributed by atoms with E-state index in [1.165, 1.54) is 5.56 Å². The third kappa shape index (κ3) is 3.23. The Morgan fingerprint density at radius 1 is 1.25 bits per heavy atom. The van der Waals surface area contributed by atoms with Gasteiger partial charge in [0.25, 0.3) is 0 Å². The molecular weight excluding hydrogens is 148 g/mol. The Balaban J connectivity index is 2.27. The zero-order valence-electron chi connectivity index (χ0n) is 7.21. The van der Waals surface area contributed by atoms with Gasteiger partial charge in [0, 0.05) is 0 Å². The van der Waals surface area contributed by atoms with Gasteiger partial charge in [-0.05, 0) is 12.5 Å². The maximum atomic E-state index is 5.29. The van der Waals surface area contributed by atoms with Gasteiger partial charge in [-0.15, -0.1) is 5.92 Å². The minimum atomic E-state index is 0.519. The van der Waals surface area contributed by atoms with Crippen molar-refractivity contribution < 1.29 is 4.74 Å². The quantitative estimate of drug-likeness (QED) is 0.486. The molecule has 0 aliphatic rings. The van der Waals surface area contributed by atoms with Crippen molar-refractivity contribution in [1.82, 2.24) is 0 Å². The van der Waals surface area contributed by atoms with Crippen LogP contribution in [0.4, 0.5) is 0 Å². The van der Waals surface area contributed by atoms with E-state index in [9.17, 15) is 0 Å². The van der Waals surface area contributed by atoms with E-state index in [0.717, 1.165) is 0 Å². The Morgan fingerprint density at radius 3 is 2.67 bits per heavy atom. The fourth-order valence-corrected chi connectivity index (χ4v) is 0.866. The lowest BCUT2D eigenvalue weighted by Gasteiger charge is -1.98. The molecule has 0 spiro atoms. The van der Waals surface area contributed by atoms with E-state index < -0.39 is 0 Å². The first-order valence-corrected chi connectivity index (χ1v) is 3.95. The number of rotatable bonds is 3. The summed E-state index contributed by atoms with van der Waals surface area (Å²) in [5, 5.41) is 0. The van der Waals surface area contributed by atoms with Crippen LogP contribution in [0.2, 0.25) is 0 Å². The van der Waals surface area contributed by atoms with E-state index >= 15 is 0 Å². The second-order valence-electron chi connectivity index (χ2n) is 2.41. The molecule has 0 amide bonds. The Labute approximate surface area is 73.4 Å². The van der Waals surface area contributed by atoms with Crippen LogP contribution in [0.15, 0.2) is 30.3 Å². The Bertz CT molecular complexity index is 266. The van der Waals surface area contributed by atoms with E-state index in [1.807, 2.05) is 37.3 Å². The Kier molecular flexibility index (Phi) is 3.97. The summed E-state index contributed by atoms with van der Waals surface area (Å²) in [4.78, 5) is 0. The first kappa shape index (κ1) is 8.83. The molecule has 1 aromatic carbocycles. The summed E-state index contributed by atoms with van der Waals surface area (Å²) < 4.78 is 5.29. The van der Waals surface area contributed by atoms with Crippen molar-refractivity contribution in [3.8, 4) is 11.8 Å². The van der Waals surface area contributed by atoms with Gasteiger partial charge >= 0.3 is 0 Å². The molecule has 0 aliphatic heterocycles. The van der Waals surface area contributed by atoms with E-state index in [0.29, 0.717) is 13.2 Å². The Hall–Kier alpha value is -1.26. The third-order valence-electron chi connectivity index (χ3n) is 1.46. The van der Waals surface area contributed by atoms with E-state index in [-0.39, 0.29) is 0 Å². The summed E-state index contributed by atoms with van der Waals surface area (Å²) in [5.41, 5.74) is 1.19. The standard InChI is InChI=1S/C11H12O/c1-2-3-9-12-10-11-7-5-4-6-8-11/h4-8H,9-10H2,1H3. The number of hydrogen-bond donors (Lipinski definition) is 0. The second-order valence-corrected chi connectivity index (χ2v) is 2.41. The van der Waals surface area contributed by atoms with Gasteiger partial charge in [-0.1, -0.05) is 36.3 Å². The highest BCUT2D eigenvalue weighted by atomic mass is 16.5. The molecule has 0 unspecified atom stereocenters. The predicted octanol–water partition coefficient (Wildman–Crippen LogP) is 2.23. The molecule has 0 saturated carbocycles. The van der Waals surface area contributed by atoms with Gasteiger partial charge in [0.2, 0.25) is 0 Å². The van der Waals surface area contributed by atoms with Gasteiger partial charge in [0.15, 0.2) is 0 Å². The smallest absolute Gasteiger partial charge is 0.108 e. The molecular formula is C11H12O. The minimum absolute atomic E-state index is 0.519. The highest BCUT2D eigenvalue weighted by molar-refractivity contribution is 5.13. The van der Waals surface area contributed by atoms with Crippen LogP contribution in [0.5, 0.6) is 0 Å². The molecule has 1 aromatic rings. The molecule has 0 radical (unpaired) electrons. The molecule has 0 aliphatic carbocycles. The zero-order valence-corrected chi connectivity index (χ0v) is 7.21. The summed E-state index contributed by atoms with van der Waals surface area (Å²) in [6.45, 7) is 2.98. The lowest BCUT2D eigenvalue weighted by Crippen LogP contribution is -1.92. The molecule has 0 N–H and O–H groups in total.